The lowest BCUT2D eigenvalue weighted by molar-refractivity contribution is 0.183. The Balaban J connectivity index is 2.11. The largest absolute Gasteiger partial charge is 0.322 e. The predicted octanol–water partition coefficient (Wildman–Crippen LogP) is 8.77. The van der Waals surface area contributed by atoms with Gasteiger partial charge in [0.25, 0.3) is 7.73 Å². The zero-order valence-corrected chi connectivity index (χ0v) is 18.5. The van der Waals surface area contributed by atoms with Crippen molar-refractivity contribution in [3.8, 4) is 0 Å². The van der Waals surface area contributed by atoms with Crippen LogP contribution in [0.15, 0.2) is 0 Å². The molecule has 0 amide bonds. The summed E-state index contributed by atoms with van der Waals surface area (Å²) in [7, 11) is -1.17. The molecule has 0 N–H and O–H groups in total. The van der Waals surface area contributed by atoms with E-state index >= 15 is 0 Å². The fourth-order valence-electron chi connectivity index (χ4n) is 3.71. The summed E-state index contributed by atoms with van der Waals surface area (Å²) in [6.07, 6.45) is 21.7. The Hall–Kier alpha value is 0.640. The minimum absolute atomic E-state index is 0.326. The van der Waals surface area contributed by atoms with Crippen LogP contribution in [0.25, 0.3) is 0 Å². The van der Waals surface area contributed by atoms with Gasteiger partial charge >= 0.3 is 0 Å². The van der Waals surface area contributed by atoms with Gasteiger partial charge in [-0.15, -0.1) is 0 Å². The van der Waals surface area contributed by atoms with Gasteiger partial charge < -0.3 is 9.05 Å². The fraction of sp³-hybridized carbons (Fsp3) is 1.00. The molecule has 3 atom stereocenters. The lowest BCUT2D eigenvalue weighted by Crippen LogP contribution is -2.15. The van der Waals surface area contributed by atoms with E-state index in [1.807, 2.05) is 0 Å². The van der Waals surface area contributed by atoms with Gasteiger partial charge in [-0.05, 0) is 36.4 Å². The van der Waals surface area contributed by atoms with Gasteiger partial charge in [0.1, 0.15) is 0 Å². The van der Waals surface area contributed by atoms with E-state index < -0.39 is 7.73 Å². The van der Waals surface area contributed by atoms with Crippen LogP contribution < -0.4 is 0 Å². The first-order chi connectivity index (χ1) is 12.3. The smallest absolute Gasteiger partial charge is 0.277 e. The van der Waals surface area contributed by atoms with Gasteiger partial charge in [0, 0.05) is 0 Å². The second kappa shape index (κ2) is 16.8. The fourth-order valence-corrected chi connectivity index (χ4v) is 5.03. The molecule has 150 valence electrons. The van der Waals surface area contributed by atoms with Crippen molar-refractivity contribution in [1.29, 1.82) is 0 Å². The molecule has 0 radical (unpaired) electrons. The first-order valence-electron chi connectivity index (χ1n) is 11.0. The monoisotopic (exact) mass is 392 g/mol. The lowest BCUT2D eigenvalue weighted by Gasteiger charge is -2.18. The molecule has 0 bridgehead atoms. The third kappa shape index (κ3) is 13.5. The van der Waals surface area contributed by atoms with Crippen molar-refractivity contribution >= 4 is 19.0 Å². The Morgan fingerprint density at radius 3 is 1.88 bits per heavy atom. The van der Waals surface area contributed by atoms with Crippen molar-refractivity contribution in [2.75, 3.05) is 6.61 Å². The van der Waals surface area contributed by atoms with Gasteiger partial charge in [0.2, 0.25) is 0 Å². The highest BCUT2D eigenvalue weighted by Gasteiger charge is 2.26. The van der Waals surface area contributed by atoms with E-state index in [-0.39, 0.29) is 0 Å². The molecule has 0 aromatic rings. The minimum atomic E-state index is -1.17. The van der Waals surface area contributed by atoms with E-state index in [0.717, 1.165) is 19.4 Å². The number of unbranched alkanes of at least 4 members (excludes halogenated alkanes) is 11. The lowest BCUT2D eigenvalue weighted by atomic mass is 9.93. The molecule has 0 saturated carbocycles. The predicted molar refractivity (Wildman–Crippen MR) is 112 cm³/mol. The third-order valence-electron chi connectivity index (χ3n) is 5.34. The van der Waals surface area contributed by atoms with Crippen molar-refractivity contribution in [2.24, 2.45) is 5.92 Å². The molecule has 1 saturated heterocycles. The van der Waals surface area contributed by atoms with Crippen LogP contribution >= 0.6 is 19.0 Å². The number of hydrogen-bond acceptors (Lipinski definition) is 2. The van der Waals surface area contributed by atoms with Crippen molar-refractivity contribution < 1.29 is 9.05 Å². The van der Waals surface area contributed by atoms with Crippen LogP contribution in [0.4, 0.5) is 0 Å². The average molecular weight is 393 g/mol. The molecule has 4 heteroatoms. The maximum atomic E-state index is 6.21. The Labute approximate surface area is 163 Å². The molecular formula is C21H42ClO2P. The first kappa shape index (κ1) is 23.7. The summed E-state index contributed by atoms with van der Waals surface area (Å²) in [5.74, 6) is 0.645. The van der Waals surface area contributed by atoms with Gasteiger partial charge in [-0.25, -0.2) is 0 Å². The number of halogens is 1. The highest BCUT2D eigenvalue weighted by molar-refractivity contribution is 7.76. The van der Waals surface area contributed by atoms with E-state index in [2.05, 4.69) is 13.8 Å². The highest BCUT2D eigenvalue weighted by atomic mass is 35.7. The highest BCUT2D eigenvalue weighted by Crippen LogP contribution is 2.49. The van der Waals surface area contributed by atoms with Crippen LogP contribution in [0.2, 0.25) is 0 Å². The normalized spacial score (nSPS) is 24.4. The molecular weight excluding hydrogens is 351 g/mol. The van der Waals surface area contributed by atoms with E-state index in [4.69, 9.17) is 20.3 Å². The maximum absolute atomic E-state index is 6.21. The zero-order chi connectivity index (χ0) is 18.2. The second-order valence-electron chi connectivity index (χ2n) is 7.80. The Morgan fingerprint density at radius 2 is 1.28 bits per heavy atom. The number of hydrogen-bond donors (Lipinski definition) is 0. The summed E-state index contributed by atoms with van der Waals surface area (Å²) < 4.78 is 11.7. The molecule has 2 nitrogen and oxygen atoms in total. The molecule has 1 aliphatic rings. The molecule has 0 aromatic carbocycles. The van der Waals surface area contributed by atoms with Crippen molar-refractivity contribution in [1.82, 2.24) is 0 Å². The summed E-state index contributed by atoms with van der Waals surface area (Å²) in [4.78, 5) is 0. The van der Waals surface area contributed by atoms with Gasteiger partial charge in [-0.3, -0.25) is 0 Å². The molecule has 0 aliphatic carbocycles. The first-order valence-corrected chi connectivity index (χ1v) is 13.1. The van der Waals surface area contributed by atoms with Gasteiger partial charge in [-0.1, -0.05) is 97.3 Å². The van der Waals surface area contributed by atoms with Crippen molar-refractivity contribution in [3.05, 3.63) is 0 Å². The molecule has 1 aliphatic heterocycles. The Bertz CT molecular complexity index is 291. The van der Waals surface area contributed by atoms with Gasteiger partial charge in [0.15, 0.2) is 0 Å². The van der Waals surface area contributed by atoms with Crippen LogP contribution in [0.1, 0.15) is 117 Å². The standard InChI is InChI=1S/C21H42ClO2P/c1-3-5-7-9-10-11-13-14-16-20-18-21(24-25(22)23-19-20)17-15-12-8-6-4-2/h20-21H,3-19H2,1-2H3. The van der Waals surface area contributed by atoms with Gasteiger partial charge in [-0.2, -0.15) is 0 Å². The molecule has 0 spiro atoms. The maximum Gasteiger partial charge on any atom is 0.277 e. The van der Waals surface area contributed by atoms with Crippen LogP contribution in [-0.2, 0) is 9.05 Å². The summed E-state index contributed by atoms with van der Waals surface area (Å²) in [6, 6.07) is 0. The topological polar surface area (TPSA) is 18.5 Å². The summed E-state index contributed by atoms with van der Waals surface area (Å²) >= 11 is 6.21. The van der Waals surface area contributed by atoms with Crippen LogP contribution in [0.5, 0.6) is 0 Å². The molecule has 1 fully saturated rings. The van der Waals surface area contributed by atoms with E-state index in [1.165, 1.54) is 89.9 Å². The second-order valence-corrected chi connectivity index (χ2v) is 9.53. The van der Waals surface area contributed by atoms with Crippen LogP contribution in [0, 0.1) is 5.92 Å². The van der Waals surface area contributed by atoms with E-state index in [9.17, 15) is 0 Å². The Kier molecular flexibility index (Phi) is 15.9. The molecule has 0 aromatic heterocycles. The molecule has 1 heterocycles. The minimum Gasteiger partial charge on any atom is -0.322 e. The summed E-state index contributed by atoms with van der Waals surface area (Å²) in [6.45, 7) is 5.35. The number of rotatable bonds is 15. The van der Waals surface area contributed by atoms with E-state index in [1.54, 1.807) is 0 Å². The summed E-state index contributed by atoms with van der Waals surface area (Å²) in [5, 5.41) is 0. The molecule has 3 unspecified atom stereocenters. The SMILES string of the molecule is CCCCCCCCCCC1COP(Cl)OC(CCCCCCC)C1. The van der Waals surface area contributed by atoms with Crippen molar-refractivity contribution in [2.45, 2.75) is 123 Å². The van der Waals surface area contributed by atoms with Crippen molar-refractivity contribution in [3.63, 3.8) is 0 Å². The average Bonchev–Trinajstić information content (AvgIpc) is 2.78. The Morgan fingerprint density at radius 1 is 0.760 bits per heavy atom. The zero-order valence-electron chi connectivity index (χ0n) is 16.8. The van der Waals surface area contributed by atoms with Crippen LogP contribution in [0.3, 0.4) is 0 Å². The molecule has 1 rings (SSSR count). The quantitative estimate of drug-likeness (QED) is 0.205. The third-order valence-corrected chi connectivity index (χ3v) is 6.68. The summed E-state index contributed by atoms with van der Waals surface area (Å²) in [5.41, 5.74) is 0. The molecule has 25 heavy (non-hydrogen) atoms. The van der Waals surface area contributed by atoms with Crippen LogP contribution in [-0.4, -0.2) is 12.7 Å². The van der Waals surface area contributed by atoms with Gasteiger partial charge in [0.05, 0.1) is 12.7 Å². The van der Waals surface area contributed by atoms with E-state index in [0.29, 0.717) is 12.0 Å².